The highest BCUT2D eigenvalue weighted by molar-refractivity contribution is 7.98. The van der Waals surface area contributed by atoms with Gasteiger partial charge in [-0.1, -0.05) is 20.3 Å². The predicted molar refractivity (Wildman–Crippen MR) is 84.3 cm³/mol. The second-order valence-corrected chi connectivity index (χ2v) is 5.91. The van der Waals surface area contributed by atoms with Crippen molar-refractivity contribution in [2.45, 2.75) is 58.5 Å². The largest absolute Gasteiger partial charge is 0.480 e. The van der Waals surface area contributed by atoms with Crippen LogP contribution in [0.1, 0.15) is 46.5 Å². The van der Waals surface area contributed by atoms with Gasteiger partial charge in [0, 0.05) is 12.6 Å². The Hall–Kier alpha value is -0.910. The van der Waals surface area contributed by atoms with Crippen LogP contribution in [0.3, 0.4) is 0 Å². The smallest absolute Gasteiger partial charge is 0.326 e. The molecule has 0 aromatic carbocycles. The zero-order chi connectivity index (χ0) is 15.5. The molecule has 5 nitrogen and oxygen atoms in total. The number of hydrogen-bond donors (Lipinski definition) is 2. The number of nitrogens with zero attached hydrogens (tertiary/aromatic N) is 1. The molecule has 0 saturated carbocycles. The molecule has 20 heavy (non-hydrogen) atoms. The summed E-state index contributed by atoms with van der Waals surface area (Å²) < 4.78 is 0. The molecule has 2 amide bonds. The molecule has 2 N–H and O–H groups in total. The summed E-state index contributed by atoms with van der Waals surface area (Å²) in [5.74, 6) is -0.248. The van der Waals surface area contributed by atoms with Gasteiger partial charge in [0.05, 0.1) is 0 Å². The second-order valence-electron chi connectivity index (χ2n) is 4.93. The minimum atomic E-state index is -0.966. The van der Waals surface area contributed by atoms with Crippen LogP contribution in [0.25, 0.3) is 0 Å². The van der Waals surface area contributed by atoms with Gasteiger partial charge in [-0.05, 0) is 38.2 Å². The number of carbonyl (C=O) groups is 2. The molecule has 0 aromatic rings. The minimum Gasteiger partial charge on any atom is -0.480 e. The van der Waals surface area contributed by atoms with Crippen LogP contribution < -0.4 is 5.32 Å². The number of hydrogen-bond acceptors (Lipinski definition) is 3. The summed E-state index contributed by atoms with van der Waals surface area (Å²) in [6, 6.07) is -0.944. The Morgan fingerprint density at radius 3 is 2.45 bits per heavy atom. The van der Waals surface area contributed by atoms with E-state index in [1.54, 1.807) is 16.7 Å². The van der Waals surface area contributed by atoms with E-state index < -0.39 is 12.0 Å². The first-order valence-electron chi connectivity index (χ1n) is 7.26. The Morgan fingerprint density at radius 2 is 2.00 bits per heavy atom. The van der Waals surface area contributed by atoms with Crippen LogP contribution >= 0.6 is 11.8 Å². The van der Waals surface area contributed by atoms with E-state index in [0.29, 0.717) is 13.0 Å². The average molecular weight is 304 g/mol. The Morgan fingerprint density at radius 1 is 1.35 bits per heavy atom. The fraction of sp³-hybridized carbons (Fsp3) is 0.857. The SMILES string of the molecule is CCCCN(C(=O)N[C@@H](CCSC)C(=O)O)C(C)CC. The fourth-order valence-corrected chi connectivity index (χ4v) is 2.27. The highest BCUT2D eigenvalue weighted by atomic mass is 32.2. The summed E-state index contributed by atoms with van der Waals surface area (Å²) in [5, 5.41) is 11.8. The van der Waals surface area contributed by atoms with Gasteiger partial charge in [-0.25, -0.2) is 9.59 Å². The molecule has 118 valence electrons. The lowest BCUT2D eigenvalue weighted by Crippen LogP contribution is -2.51. The summed E-state index contributed by atoms with van der Waals surface area (Å²) >= 11 is 1.58. The molecule has 0 spiro atoms. The van der Waals surface area contributed by atoms with Crippen molar-refractivity contribution in [2.24, 2.45) is 0 Å². The maximum absolute atomic E-state index is 12.3. The van der Waals surface area contributed by atoms with Crippen molar-refractivity contribution in [3.63, 3.8) is 0 Å². The molecule has 0 radical (unpaired) electrons. The first-order valence-corrected chi connectivity index (χ1v) is 8.66. The molecule has 0 aliphatic heterocycles. The van der Waals surface area contributed by atoms with E-state index in [1.165, 1.54) is 0 Å². The molecule has 0 heterocycles. The van der Waals surface area contributed by atoms with Gasteiger partial charge in [-0.15, -0.1) is 0 Å². The van der Waals surface area contributed by atoms with Crippen LogP contribution in [0.4, 0.5) is 4.79 Å². The molecule has 0 aliphatic rings. The molecule has 0 fully saturated rings. The lowest BCUT2D eigenvalue weighted by Gasteiger charge is -2.30. The zero-order valence-corrected chi connectivity index (χ0v) is 13.8. The van der Waals surface area contributed by atoms with Crippen molar-refractivity contribution in [3.05, 3.63) is 0 Å². The van der Waals surface area contributed by atoms with Crippen molar-refractivity contribution < 1.29 is 14.7 Å². The number of carbonyl (C=O) groups excluding carboxylic acids is 1. The van der Waals surface area contributed by atoms with Crippen molar-refractivity contribution in [1.29, 1.82) is 0 Å². The summed E-state index contributed by atoms with van der Waals surface area (Å²) in [4.78, 5) is 25.2. The first kappa shape index (κ1) is 19.1. The molecule has 2 atom stereocenters. The molecule has 6 heteroatoms. The number of carboxylic acids is 1. The third kappa shape index (κ3) is 7.03. The number of carboxylic acid groups (broad SMARTS) is 1. The number of aliphatic carboxylic acids is 1. The van der Waals surface area contributed by atoms with Crippen LogP contribution in [-0.2, 0) is 4.79 Å². The minimum absolute atomic E-state index is 0.122. The fourth-order valence-electron chi connectivity index (χ4n) is 1.80. The molecule has 1 unspecified atom stereocenters. The molecule has 0 rings (SSSR count). The lowest BCUT2D eigenvalue weighted by atomic mass is 10.2. The van der Waals surface area contributed by atoms with Crippen molar-refractivity contribution >= 4 is 23.8 Å². The van der Waals surface area contributed by atoms with Crippen molar-refractivity contribution in [1.82, 2.24) is 10.2 Å². The van der Waals surface area contributed by atoms with Gasteiger partial charge in [0.2, 0.25) is 0 Å². The third-order valence-corrected chi connectivity index (χ3v) is 3.99. The summed E-state index contributed by atoms with van der Waals surface area (Å²) in [6.45, 7) is 6.77. The molecule has 0 saturated heterocycles. The molecular formula is C14H28N2O3S. The topological polar surface area (TPSA) is 69.6 Å². The maximum Gasteiger partial charge on any atom is 0.326 e. The van der Waals surface area contributed by atoms with Crippen LogP contribution in [0, 0.1) is 0 Å². The lowest BCUT2D eigenvalue weighted by molar-refractivity contribution is -0.139. The van der Waals surface area contributed by atoms with Crippen LogP contribution in [0.2, 0.25) is 0 Å². The molecule has 0 aliphatic carbocycles. The number of thioether (sulfide) groups is 1. The van der Waals surface area contributed by atoms with Gasteiger partial charge in [-0.2, -0.15) is 11.8 Å². The van der Waals surface area contributed by atoms with E-state index in [1.807, 2.05) is 20.1 Å². The van der Waals surface area contributed by atoms with Crippen LogP contribution in [0.15, 0.2) is 0 Å². The monoisotopic (exact) mass is 304 g/mol. The molecule has 0 aromatic heterocycles. The van der Waals surface area contributed by atoms with Gasteiger partial charge < -0.3 is 15.3 Å². The Labute approximate surface area is 126 Å². The highest BCUT2D eigenvalue weighted by Crippen LogP contribution is 2.08. The Kier molecular flexibility index (Phi) is 10.3. The van der Waals surface area contributed by atoms with E-state index in [4.69, 9.17) is 5.11 Å². The standard InChI is InChI=1S/C14H28N2O3S/c1-5-7-9-16(11(3)6-2)14(19)15-12(13(17)18)8-10-20-4/h11-12H,5-10H2,1-4H3,(H,15,19)(H,17,18)/t11?,12-/m0/s1. The number of unbranched alkanes of at least 4 members (excludes halogenated alkanes) is 1. The van der Waals surface area contributed by atoms with E-state index in [2.05, 4.69) is 12.2 Å². The van der Waals surface area contributed by atoms with E-state index in [0.717, 1.165) is 25.0 Å². The van der Waals surface area contributed by atoms with Gasteiger partial charge in [0.15, 0.2) is 0 Å². The molecular weight excluding hydrogens is 276 g/mol. The van der Waals surface area contributed by atoms with Gasteiger partial charge in [0.25, 0.3) is 0 Å². The quantitative estimate of drug-likeness (QED) is 0.651. The summed E-state index contributed by atoms with van der Waals surface area (Å²) in [5.41, 5.74) is 0. The maximum atomic E-state index is 12.3. The summed E-state index contributed by atoms with van der Waals surface area (Å²) in [7, 11) is 0. The number of urea groups is 1. The first-order chi connectivity index (χ1) is 9.47. The van der Waals surface area contributed by atoms with E-state index in [9.17, 15) is 9.59 Å². The van der Waals surface area contributed by atoms with E-state index in [-0.39, 0.29) is 12.1 Å². The summed E-state index contributed by atoms with van der Waals surface area (Å²) in [6.07, 6.45) is 5.17. The average Bonchev–Trinajstić information content (AvgIpc) is 2.42. The highest BCUT2D eigenvalue weighted by Gasteiger charge is 2.24. The number of rotatable bonds is 10. The normalized spacial score (nSPS) is 13.6. The Bertz CT molecular complexity index is 300. The van der Waals surface area contributed by atoms with Crippen LogP contribution in [0.5, 0.6) is 0 Å². The van der Waals surface area contributed by atoms with Crippen LogP contribution in [-0.4, -0.2) is 52.6 Å². The van der Waals surface area contributed by atoms with Gasteiger partial charge in [-0.3, -0.25) is 0 Å². The third-order valence-electron chi connectivity index (χ3n) is 3.34. The Balaban J connectivity index is 4.64. The van der Waals surface area contributed by atoms with Crippen molar-refractivity contribution in [3.8, 4) is 0 Å². The van der Waals surface area contributed by atoms with E-state index >= 15 is 0 Å². The number of amides is 2. The predicted octanol–water partition coefficient (Wildman–Crippen LogP) is 2.80. The van der Waals surface area contributed by atoms with Gasteiger partial charge >= 0.3 is 12.0 Å². The van der Waals surface area contributed by atoms with Gasteiger partial charge in [0.1, 0.15) is 6.04 Å². The zero-order valence-electron chi connectivity index (χ0n) is 13.0. The second kappa shape index (κ2) is 10.8. The number of nitrogens with one attached hydrogen (secondary N) is 1. The molecule has 0 bridgehead atoms. The van der Waals surface area contributed by atoms with Crippen molar-refractivity contribution in [2.75, 3.05) is 18.6 Å².